The smallest absolute Gasteiger partial charge is 0.180 e. The number of carbonyl (C=O) groups is 1. The van der Waals surface area contributed by atoms with E-state index in [1.807, 2.05) is 0 Å². The molecule has 1 nitrogen and oxygen atoms in total. The Morgan fingerprint density at radius 2 is 2.25 bits per heavy atom. The molecule has 1 saturated heterocycles. The van der Waals surface area contributed by atoms with Crippen molar-refractivity contribution in [1.82, 2.24) is 0 Å². The molecule has 0 radical (unpaired) electrons. The molecule has 16 heavy (non-hydrogen) atoms. The normalized spacial score (nSPS) is 20.8. The third-order valence-electron chi connectivity index (χ3n) is 2.68. The fourth-order valence-electron chi connectivity index (χ4n) is 1.84. The average molecular weight is 259 g/mol. The van der Waals surface area contributed by atoms with Crippen molar-refractivity contribution < 1.29 is 9.18 Å². The summed E-state index contributed by atoms with van der Waals surface area (Å²) in [5.41, 5.74) is 0.0589. The number of Topliss-reactive ketones (excluding diaryl/α,β-unsaturated/α-hetero) is 1. The molecule has 0 bridgehead atoms. The van der Waals surface area contributed by atoms with Crippen molar-refractivity contribution in [3.05, 3.63) is 34.6 Å². The summed E-state index contributed by atoms with van der Waals surface area (Å²) in [5, 5.41) is 0.0966. The quantitative estimate of drug-likeness (QED) is 0.748. The highest BCUT2D eigenvalue weighted by molar-refractivity contribution is 8.00. The molecule has 0 N–H and O–H groups in total. The summed E-state index contributed by atoms with van der Waals surface area (Å²) in [4.78, 5) is 12.1. The molecule has 2 rings (SSSR count). The molecule has 1 unspecified atom stereocenters. The Morgan fingerprint density at radius 1 is 1.44 bits per heavy atom. The van der Waals surface area contributed by atoms with Gasteiger partial charge in [-0.3, -0.25) is 4.79 Å². The van der Waals surface area contributed by atoms with Crippen LogP contribution in [0.3, 0.4) is 0 Å². The lowest BCUT2D eigenvalue weighted by molar-refractivity contribution is 0.0981. The molecule has 1 aliphatic rings. The largest absolute Gasteiger partial charge is 0.293 e. The minimum Gasteiger partial charge on any atom is -0.293 e. The number of rotatable bonds is 2. The topological polar surface area (TPSA) is 17.1 Å². The van der Waals surface area contributed by atoms with E-state index in [0.717, 1.165) is 25.0 Å². The Bertz CT molecular complexity index is 382. The predicted octanol–water partition coefficient (Wildman–Crippen LogP) is 3.95. The first-order chi connectivity index (χ1) is 7.70. The van der Waals surface area contributed by atoms with Crippen LogP contribution in [0.5, 0.6) is 0 Å². The number of ketones is 1. The summed E-state index contributed by atoms with van der Waals surface area (Å²) in [6.07, 6.45) is 3.00. The van der Waals surface area contributed by atoms with E-state index >= 15 is 0 Å². The summed E-state index contributed by atoms with van der Waals surface area (Å²) in [7, 11) is 0. The number of hydrogen-bond acceptors (Lipinski definition) is 2. The van der Waals surface area contributed by atoms with E-state index in [0.29, 0.717) is 0 Å². The molecule has 1 aromatic rings. The van der Waals surface area contributed by atoms with Crippen LogP contribution in [0.1, 0.15) is 29.6 Å². The van der Waals surface area contributed by atoms with Gasteiger partial charge in [-0.25, -0.2) is 4.39 Å². The van der Waals surface area contributed by atoms with Gasteiger partial charge in [-0.15, -0.1) is 0 Å². The van der Waals surface area contributed by atoms with E-state index in [1.165, 1.54) is 12.1 Å². The van der Waals surface area contributed by atoms with Crippen molar-refractivity contribution in [3.63, 3.8) is 0 Å². The van der Waals surface area contributed by atoms with Crippen LogP contribution < -0.4 is 0 Å². The van der Waals surface area contributed by atoms with Gasteiger partial charge in [0.05, 0.1) is 15.8 Å². The minimum atomic E-state index is -0.510. The average Bonchev–Trinajstić information content (AvgIpc) is 2.30. The lowest BCUT2D eigenvalue weighted by Gasteiger charge is -2.20. The van der Waals surface area contributed by atoms with Crippen LogP contribution in [-0.4, -0.2) is 16.8 Å². The Balaban J connectivity index is 2.26. The zero-order chi connectivity index (χ0) is 11.5. The molecule has 4 heteroatoms. The van der Waals surface area contributed by atoms with Crippen LogP contribution in [-0.2, 0) is 0 Å². The van der Waals surface area contributed by atoms with E-state index in [-0.39, 0.29) is 21.6 Å². The van der Waals surface area contributed by atoms with Crippen molar-refractivity contribution in [3.8, 4) is 0 Å². The highest BCUT2D eigenvalue weighted by Crippen LogP contribution is 2.30. The van der Waals surface area contributed by atoms with Crippen molar-refractivity contribution >= 4 is 29.1 Å². The molecule has 0 saturated carbocycles. The summed E-state index contributed by atoms with van der Waals surface area (Å²) in [6.45, 7) is 0. The second kappa shape index (κ2) is 5.19. The highest BCUT2D eigenvalue weighted by Gasteiger charge is 2.26. The number of halogens is 2. The standard InChI is InChI=1S/C12H12ClFOS/c13-8-4-3-5-9(14)11(8)12(15)10-6-1-2-7-16-10/h3-5,10H,1-2,6-7H2. The van der Waals surface area contributed by atoms with Crippen LogP contribution in [0.4, 0.5) is 4.39 Å². The number of thioether (sulfide) groups is 1. The maximum Gasteiger partial charge on any atom is 0.180 e. The van der Waals surface area contributed by atoms with Crippen LogP contribution in [0, 0.1) is 5.82 Å². The molecule has 0 amide bonds. The van der Waals surface area contributed by atoms with Crippen LogP contribution in [0.25, 0.3) is 0 Å². The van der Waals surface area contributed by atoms with Gasteiger partial charge in [-0.2, -0.15) is 11.8 Å². The summed E-state index contributed by atoms with van der Waals surface area (Å²) < 4.78 is 13.5. The fraction of sp³-hybridized carbons (Fsp3) is 0.417. The first kappa shape index (κ1) is 11.9. The van der Waals surface area contributed by atoms with Gasteiger partial charge in [0.2, 0.25) is 0 Å². The summed E-state index contributed by atoms with van der Waals surface area (Å²) in [6, 6.07) is 4.36. The third kappa shape index (κ3) is 2.41. The molecular formula is C12H12ClFOS. The lowest BCUT2D eigenvalue weighted by Crippen LogP contribution is -2.22. The molecule has 1 heterocycles. The van der Waals surface area contributed by atoms with Gasteiger partial charge in [0.25, 0.3) is 0 Å². The Labute approximate surface area is 103 Å². The van der Waals surface area contributed by atoms with Crippen molar-refractivity contribution in [2.75, 3.05) is 5.75 Å². The SMILES string of the molecule is O=C(c1c(F)cccc1Cl)C1CCCCS1. The minimum absolute atomic E-state index is 0.0589. The summed E-state index contributed by atoms with van der Waals surface area (Å²) in [5.74, 6) is 0.305. The van der Waals surface area contributed by atoms with E-state index in [4.69, 9.17) is 11.6 Å². The van der Waals surface area contributed by atoms with Crippen LogP contribution in [0.15, 0.2) is 18.2 Å². The number of hydrogen-bond donors (Lipinski definition) is 0. The number of carbonyl (C=O) groups excluding carboxylic acids is 1. The molecule has 1 atom stereocenters. The van der Waals surface area contributed by atoms with Gasteiger partial charge in [0, 0.05) is 0 Å². The monoisotopic (exact) mass is 258 g/mol. The summed E-state index contributed by atoms with van der Waals surface area (Å²) >= 11 is 7.48. The molecule has 1 fully saturated rings. The number of benzene rings is 1. The Morgan fingerprint density at radius 3 is 2.88 bits per heavy atom. The van der Waals surface area contributed by atoms with Crippen molar-refractivity contribution in [1.29, 1.82) is 0 Å². The lowest BCUT2D eigenvalue weighted by atomic mass is 10.0. The van der Waals surface area contributed by atoms with Gasteiger partial charge in [0.1, 0.15) is 5.82 Å². The van der Waals surface area contributed by atoms with E-state index in [9.17, 15) is 9.18 Å². The maximum atomic E-state index is 13.5. The molecule has 86 valence electrons. The van der Waals surface area contributed by atoms with Gasteiger partial charge in [0.15, 0.2) is 5.78 Å². The van der Waals surface area contributed by atoms with Crippen LogP contribution in [0.2, 0.25) is 5.02 Å². The van der Waals surface area contributed by atoms with Crippen molar-refractivity contribution in [2.45, 2.75) is 24.5 Å². The molecule has 0 aromatic heterocycles. The second-order valence-corrected chi connectivity index (χ2v) is 5.53. The van der Waals surface area contributed by atoms with Gasteiger partial charge < -0.3 is 0 Å². The first-order valence-corrected chi connectivity index (χ1v) is 6.72. The fourth-order valence-corrected chi connectivity index (χ4v) is 3.36. The first-order valence-electron chi connectivity index (χ1n) is 5.30. The Hall–Kier alpha value is -0.540. The zero-order valence-electron chi connectivity index (χ0n) is 8.71. The van der Waals surface area contributed by atoms with E-state index < -0.39 is 5.82 Å². The molecule has 0 spiro atoms. The third-order valence-corrected chi connectivity index (χ3v) is 4.37. The maximum absolute atomic E-state index is 13.5. The van der Waals surface area contributed by atoms with Crippen LogP contribution >= 0.6 is 23.4 Å². The van der Waals surface area contributed by atoms with Gasteiger partial charge >= 0.3 is 0 Å². The van der Waals surface area contributed by atoms with E-state index in [2.05, 4.69) is 0 Å². The van der Waals surface area contributed by atoms with Gasteiger partial charge in [-0.05, 0) is 30.7 Å². The molecule has 1 aliphatic heterocycles. The van der Waals surface area contributed by atoms with Gasteiger partial charge in [-0.1, -0.05) is 24.1 Å². The highest BCUT2D eigenvalue weighted by atomic mass is 35.5. The molecule has 0 aliphatic carbocycles. The predicted molar refractivity (Wildman–Crippen MR) is 65.8 cm³/mol. The Kier molecular flexibility index (Phi) is 3.87. The second-order valence-electron chi connectivity index (χ2n) is 3.82. The molecular weight excluding hydrogens is 247 g/mol. The molecule has 1 aromatic carbocycles. The zero-order valence-corrected chi connectivity index (χ0v) is 10.3. The van der Waals surface area contributed by atoms with E-state index in [1.54, 1.807) is 17.8 Å². The van der Waals surface area contributed by atoms with Crippen molar-refractivity contribution in [2.24, 2.45) is 0 Å².